The minimum absolute atomic E-state index is 0.207. The summed E-state index contributed by atoms with van der Waals surface area (Å²) < 4.78 is 5.36. The Kier molecular flexibility index (Phi) is 6.28. The van der Waals surface area contributed by atoms with Gasteiger partial charge in [-0.15, -0.1) is 0 Å². The minimum atomic E-state index is 0.207. The van der Waals surface area contributed by atoms with E-state index in [0.29, 0.717) is 33.5 Å². The van der Waals surface area contributed by atoms with Gasteiger partial charge in [-0.25, -0.2) is 0 Å². The minimum Gasteiger partial charge on any atom is -0.491 e. The predicted octanol–water partition coefficient (Wildman–Crippen LogP) is 4.81. The van der Waals surface area contributed by atoms with Crippen LogP contribution in [0.1, 0.15) is 23.6 Å². The van der Waals surface area contributed by atoms with Crippen molar-refractivity contribution < 1.29 is 9.57 Å². The average molecular weight is 349 g/mol. The van der Waals surface area contributed by atoms with E-state index in [4.69, 9.17) is 38.0 Å². The van der Waals surface area contributed by atoms with Gasteiger partial charge in [-0.1, -0.05) is 46.6 Å². The van der Waals surface area contributed by atoms with Crippen LogP contribution in [0.5, 0.6) is 5.75 Å². The second-order valence-corrected chi connectivity index (χ2v) is 5.34. The molecule has 0 fully saturated rings. The van der Waals surface area contributed by atoms with Crippen LogP contribution < -0.4 is 4.74 Å². The molecule has 0 aliphatic carbocycles. The first-order valence-corrected chi connectivity index (χ1v) is 7.66. The van der Waals surface area contributed by atoms with Crippen LogP contribution in [0.25, 0.3) is 0 Å². The summed E-state index contributed by atoms with van der Waals surface area (Å²) in [6.07, 6.45) is 1.50. The van der Waals surface area contributed by atoms with E-state index in [2.05, 4.69) is 11.2 Å². The molecule has 0 atom stereocenters. The van der Waals surface area contributed by atoms with Gasteiger partial charge in [0.1, 0.15) is 6.61 Å². The summed E-state index contributed by atoms with van der Waals surface area (Å²) in [5.41, 5.74) is 2.03. The van der Waals surface area contributed by atoms with E-state index in [-0.39, 0.29) is 6.61 Å². The molecule has 0 spiro atoms. The normalized spacial score (nSPS) is 10.5. The zero-order valence-electron chi connectivity index (χ0n) is 12.4. The van der Waals surface area contributed by atoms with Crippen molar-refractivity contribution in [3.05, 3.63) is 63.1 Å². The lowest BCUT2D eigenvalue weighted by Gasteiger charge is -2.08. The number of halogens is 2. The molecule has 2 rings (SSSR count). The van der Waals surface area contributed by atoms with Crippen LogP contribution in [-0.4, -0.2) is 12.8 Å². The molecular formula is C17H14Cl2N2O2. The maximum absolute atomic E-state index is 9.00. The lowest BCUT2D eigenvalue weighted by atomic mass is 10.1. The van der Waals surface area contributed by atoms with Crippen LogP contribution in [-0.2, 0) is 11.4 Å². The van der Waals surface area contributed by atoms with Gasteiger partial charge in [0.25, 0.3) is 0 Å². The van der Waals surface area contributed by atoms with E-state index < -0.39 is 0 Å². The van der Waals surface area contributed by atoms with Crippen LogP contribution in [0.4, 0.5) is 0 Å². The zero-order valence-corrected chi connectivity index (χ0v) is 13.9. The third kappa shape index (κ3) is 4.62. The molecule has 0 saturated heterocycles. The monoisotopic (exact) mass is 348 g/mol. The first kappa shape index (κ1) is 17.1. The van der Waals surface area contributed by atoms with E-state index in [0.717, 1.165) is 5.56 Å². The number of rotatable bonds is 6. The number of ether oxygens (including phenoxy) is 1. The summed E-state index contributed by atoms with van der Waals surface area (Å²) >= 11 is 12.2. The van der Waals surface area contributed by atoms with E-state index in [9.17, 15) is 0 Å². The summed E-state index contributed by atoms with van der Waals surface area (Å²) in [5, 5.41) is 13.7. The van der Waals surface area contributed by atoms with Crippen LogP contribution >= 0.6 is 23.2 Å². The summed E-state index contributed by atoms with van der Waals surface area (Å²) in [7, 11) is 0. The van der Waals surface area contributed by atoms with Crippen LogP contribution in [0.3, 0.4) is 0 Å². The van der Waals surface area contributed by atoms with Gasteiger partial charge in [-0.3, -0.25) is 0 Å². The maximum atomic E-state index is 9.00. The van der Waals surface area contributed by atoms with Crippen molar-refractivity contribution in [1.82, 2.24) is 0 Å². The Balaban J connectivity index is 2.03. The smallest absolute Gasteiger partial charge is 0.156 e. The van der Waals surface area contributed by atoms with Gasteiger partial charge in [-0.05, 0) is 30.7 Å². The van der Waals surface area contributed by atoms with Crippen molar-refractivity contribution in [2.75, 3.05) is 6.61 Å². The SMILES string of the molecule is CCOc1c(Cl)cc(/C=N\OCc2ccccc2C#N)cc1Cl. The van der Waals surface area contributed by atoms with Crippen LogP contribution in [0.15, 0.2) is 41.6 Å². The topological polar surface area (TPSA) is 54.6 Å². The van der Waals surface area contributed by atoms with E-state index >= 15 is 0 Å². The van der Waals surface area contributed by atoms with E-state index in [1.807, 2.05) is 19.1 Å². The molecule has 0 heterocycles. The quantitative estimate of drug-likeness (QED) is 0.555. The molecule has 0 unspecified atom stereocenters. The van der Waals surface area contributed by atoms with Crippen molar-refractivity contribution >= 4 is 29.4 Å². The standard InChI is InChI=1S/C17H14Cl2N2O2/c1-2-22-17-15(18)7-12(8-16(17)19)10-21-23-11-14-6-4-3-5-13(14)9-20/h3-8,10H,2,11H2,1H3/b21-10-. The predicted molar refractivity (Wildman–Crippen MR) is 91.2 cm³/mol. The molecular weight excluding hydrogens is 335 g/mol. The first-order valence-electron chi connectivity index (χ1n) is 6.91. The summed E-state index contributed by atoms with van der Waals surface area (Å²) in [4.78, 5) is 5.22. The zero-order chi connectivity index (χ0) is 16.7. The van der Waals surface area contributed by atoms with Gasteiger partial charge in [0.2, 0.25) is 0 Å². The number of oxime groups is 1. The van der Waals surface area contributed by atoms with Crippen LogP contribution in [0, 0.1) is 11.3 Å². The molecule has 2 aromatic carbocycles. The molecule has 118 valence electrons. The van der Waals surface area contributed by atoms with Gasteiger partial charge in [0.15, 0.2) is 5.75 Å². The van der Waals surface area contributed by atoms with Gasteiger partial charge in [-0.2, -0.15) is 5.26 Å². The molecule has 0 aliphatic rings. The number of nitrogens with zero attached hydrogens (tertiary/aromatic N) is 2. The third-order valence-corrected chi connectivity index (χ3v) is 3.50. The summed E-state index contributed by atoms with van der Waals surface area (Å²) in [6.45, 7) is 2.54. The average Bonchev–Trinajstić information content (AvgIpc) is 2.55. The first-order chi connectivity index (χ1) is 11.2. The highest BCUT2D eigenvalue weighted by Gasteiger charge is 2.08. The molecule has 0 amide bonds. The van der Waals surface area contributed by atoms with Crippen molar-refractivity contribution in [3.8, 4) is 11.8 Å². The van der Waals surface area contributed by atoms with Gasteiger partial charge >= 0.3 is 0 Å². The number of nitriles is 1. The second kappa shape index (κ2) is 8.42. The lowest BCUT2D eigenvalue weighted by Crippen LogP contribution is -1.95. The highest BCUT2D eigenvalue weighted by molar-refractivity contribution is 6.37. The molecule has 0 radical (unpaired) electrons. The molecule has 0 N–H and O–H groups in total. The highest BCUT2D eigenvalue weighted by atomic mass is 35.5. The van der Waals surface area contributed by atoms with Crippen LogP contribution in [0.2, 0.25) is 10.0 Å². The van der Waals surface area contributed by atoms with Crippen molar-refractivity contribution in [2.24, 2.45) is 5.16 Å². The molecule has 6 heteroatoms. The largest absolute Gasteiger partial charge is 0.491 e. The maximum Gasteiger partial charge on any atom is 0.156 e. The van der Waals surface area contributed by atoms with Crippen molar-refractivity contribution in [3.63, 3.8) is 0 Å². The Morgan fingerprint density at radius 1 is 1.22 bits per heavy atom. The summed E-state index contributed by atoms with van der Waals surface area (Å²) in [6, 6.07) is 12.7. The Labute approximate surface area is 144 Å². The molecule has 0 bridgehead atoms. The number of hydrogen-bond acceptors (Lipinski definition) is 4. The number of benzene rings is 2. The van der Waals surface area contributed by atoms with Crippen molar-refractivity contribution in [2.45, 2.75) is 13.5 Å². The lowest BCUT2D eigenvalue weighted by molar-refractivity contribution is 0.132. The summed E-state index contributed by atoms with van der Waals surface area (Å²) in [5.74, 6) is 0.455. The van der Waals surface area contributed by atoms with Gasteiger partial charge in [0.05, 0.1) is 34.5 Å². The van der Waals surface area contributed by atoms with Gasteiger partial charge in [0, 0.05) is 5.56 Å². The molecule has 0 aliphatic heterocycles. The molecule has 4 nitrogen and oxygen atoms in total. The second-order valence-electron chi connectivity index (χ2n) is 4.52. The van der Waals surface area contributed by atoms with E-state index in [1.54, 1.807) is 24.3 Å². The Morgan fingerprint density at radius 3 is 2.57 bits per heavy atom. The Hall–Kier alpha value is -2.22. The Bertz CT molecular complexity index is 731. The highest BCUT2D eigenvalue weighted by Crippen LogP contribution is 2.33. The fourth-order valence-electron chi connectivity index (χ4n) is 1.90. The molecule has 0 saturated carbocycles. The fraction of sp³-hybridized carbons (Fsp3) is 0.176. The van der Waals surface area contributed by atoms with E-state index in [1.165, 1.54) is 6.21 Å². The molecule has 0 aromatic heterocycles. The van der Waals surface area contributed by atoms with Gasteiger partial charge < -0.3 is 9.57 Å². The molecule has 2 aromatic rings. The van der Waals surface area contributed by atoms with Crippen molar-refractivity contribution in [1.29, 1.82) is 5.26 Å². The number of hydrogen-bond donors (Lipinski definition) is 0. The third-order valence-electron chi connectivity index (χ3n) is 2.94. The molecule has 23 heavy (non-hydrogen) atoms. The fourth-order valence-corrected chi connectivity index (χ4v) is 2.51. The Morgan fingerprint density at radius 2 is 1.91 bits per heavy atom.